The molecule has 0 unspecified atom stereocenters. The van der Waals surface area contributed by atoms with Gasteiger partial charge in [-0.25, -0.2) is 9.97 Å². The third-order valence-electron chi connectivity index (χ3n) is 2.10. The maximum Gasteiger partial charge on any atom is 0.115 e. The number of thiazole rings is 1. The first-order chi connectivity index (χ1) is 9.68. The summed E-state index contributed by atoms with van der Waals surface area (Å²) in [6.45, 7) is 5.94. The van der Waals surface area contributed by atoms with Crippen molar-refractivity contribution in [3.05, 3.63) is 71.0 Å². The Morgan fingerprint density at radius 3 is 2.00 bits per heavy atom. The lowest BCUT2D eigenvalue weighted by Crippen LogP contribution is -1.77. The molecule has 0 aromatic carbocycles. The van der Waals surface area contributed by atoms with E-state index in [4.69, 9.17) is 0 Å². The Balaban J connectivity index is 0.000000151. The van der Waals surface area contributed by atoms with Crippen LogP contribution in [0.1, 0.15) is 16.3 Å². The fourth-order valence-electron chi connectivity index (χ4n) is 1.10. The molecule has 3 aromatic heterocycles. The van der Waals surface area contributed by atoms with Crippen LogP contribution in [0, 0.1) is 20.8 Å². The van der Waals surface area contributed by atoms with Crippen molar-refractivity contribution < 1.29 is 0 Å². The highest BCUT2D eigenvalue weighted by molar-refractivity contribution is 7.09. The van der Waals surface area contributed by atoms with Crippen molar-refractivity contribution in [1.82, 2.24) is 19.9 Å². The molecule has 3 aromatic rings. The molecule has 0 aliphatic rings. The molecule has 3 rings (SSSR count). The number of hydrogen-bond donors (Lipinski definition) is 0. The fourth-order valence-corrected chi connectivity index (χ4v) is 1.54. The standard InChI is InChI=1S/C6H7N.C5H6N2.C4H5NS/c1-6-3-2-4-7-5-6;1-5-2-3-6-4-7-5;1-4-5-2-3-6-4/h2-5H,1H3;2-4H,1H3;2-3H,1H3. The summed E-state index contributed by atoms with van der Waals surface area (Å²) < 4.78 is 0. The number of aryl methyl sites for hydroxylation is 3. The lowest BCUT2D eigenvalue weighted by atomic mass is 10.3. The zero-order chi connectivity index (χ0) is 14.6. The van der Waals surface area contributed by atoms with Crippen LogP contribution in [0.15, 0.2) is 54.7 Å². The van der Waals surface area contributed by atoms with Crippen LogP contribution in [-0.2, 0) is 0 Å². The molecule has 5 heteroatoms. The van der Waals surface area contributed by atoms with Crippen molar-refractivity contribution >= 4 is 11.3 Å². The van der Waals surface area contributed by atoms with Gasteiger partial charge in [0.2, 0.25) is 0 Å². The average Bonchev–Trinajstić information content (AvgIpc) is 2.93. The fraction of sp³-hybridized carbons (Fsp3) is 0.200. The van der Waals surface area contributed by atoms with Gasteiger partial charge in [0.25, 0.3) is 0 Å². The van der Waals surface area contributed by atoms with Gasteiger partial charge in [-0.3, -0.25) is 9.97 Å². The van der Waals surface area contributed by atoms with Crippen LogP contribution in [0.25, 0.3) is 0 Å². The number of hydrogen-bond acceptors (Lipinski definition) is 5. The molecule has 0 saturated carbocycles. The minimum absolute atomic E-state index is 1.01. The Bertz CT molecular complexity index is 515. The number of aromatic nitrogens is 4. The summed E-state index contributed by atoms with van der Waals surface area (Å²) in [6, 6.07) is 5.81. The van der Waals surface area contributed by atoms with Crippen molar-refractivity contribution in [3.63, 3.8) is 0 Å². The zero-order valence-corrected chi connectivity index (χ0v) is 12.7. The van der Waals surface area contributed by atoms with Crippen LogP contribution >= 0.6 is 11.3 Å². The molecule has 20 heavy (non-hydrogen) atoms. The van der Waals surface area contributed by atoms with Crippen LogP contribution in [0.4, 0.5) is 0 Å². The Morgan fingerprint density at radius 2 is 1.75 bits per heavy atom. The molecule has 3 heterocycles. The SMILES string of the molecule is Cc1cccnc1.Cc1ccncn1.Cc1nccs1. The smallest absolute Gasteiger partial charge is 0.115 e. The summed E-state index contributed by atoms with van der Waals surface area (Å²) in [5, 5.41) is 3.10. The molecule has 0 aliphatic heterocycles. The highest BCUT2D eigenvalue weighted by atomic mass is 32.1. The van der Waals surface area contributed by atoms with Crippen molar-refractivity contribution in [3.8, 4) is 0 Å². The van der Waals surface area contributed by atoms with E-state index in [1.54, 1.807) is 29.9 Å². The summed E-state index contributed by atoms with van der Waals surface area (Å²) in [4.78, 5) is 15.4. The topological polar surface area (TPSA) is 51.6 Å². The Kier molecular flexibility index (Phi) is 7.76. The van der Waals surface area contributed by atoms with Crippen molar-refractivity contribution in [2.75, 3.05) is 0 Å². The summed E-state index contributed by atoms with van der Waals surface area (Å²) in [5.74, 6) is 0. The second kappa shape index (κ2) is 9.75. The van der Waals surface area contributed by atoms with Crippen LogP contribution in [-0.4, -0.2) is 19.9 Å². The number of pyridine rings is 1. The van der Waals surface area contributed by atoms with Gasteiger partial charge < -0.3 is 0 Å². The molecule has 0 bridgehead atoms. The van der Waals surface area contributed by atoms with Crippen LogP contribution in [0.2, 0.25) is 0 Å². The lowest BCUT2D eigenvalue weighted by molar-refractivity contribution is 1.10. The highest BCUT2D eigenvalue weighted by Gasteiger charge is 1.76. The molecular formula is C15H18N4S. The van der Waals surface area contributed by atoms with Gasteiger partial charge in [0.15, 0.2) is 0 Å². The van der Waals surface area contributed by atoms with Crippen molar-refractivity contribution in [2.24, 2.45) is 0 Å². The van der Waals surface area contributed by atoms with E-state index >= 15 is 0 Å². The van der Waals surface area contributed by atoms with Gasteiger partial charge in [0.05, 0.1) is 5.01 Å². The monoisotopic (exact) mass is 286 g/mol. The molecule has 0 N–H and O–H groups in total. The van der Waals surface area contributed by atoms with Crippen molar-refractivity contribution in [2.45, 2.75) is 20.8 Å². The highest BCUT2D eigenvalue weighted by Crippen LogP contribution is 1.98. The predicted octanol–water partition coefficient (Wildman–Crippen LogP) is 3.63. The maximum absolute atomic E-state index is 3.94. The minimum atomic E-state index is 1.01. The molecular weight excluding hydrogens is 268 g/mol. The lowest BCUT2D eigenvalue weighted by Gasteiger charge is -1.82. The quantitative estimate of drug-likeness (QED) is 0.633. The maximum atomic E-state index is 3.94. The van der Waals surface area contributed by atoms with E-state index in [1.165, 1.54) is 11.9 Å². The number of rotatable bonds is 0. The normalized spacial score (nSPS) is 8.75. The molecule has 0 radical (unpaired) electrons. The summed E-state index contributed by atoms with van der Waals surface area (Å²) >= 11 is 1.67. The van der Waals surface area contributed by atoms with Crippen LogP contribution in [0.5, 0.6) is 0 Å². The van der Waals surface area contributed by atoms with E-state index in [1.807, 2.05) is 50.5 Å². The predicted molar refractivity (Wildman–Crippen MR) is 82.6 cm³/mol. The summed E-state index contributed by atoms with van der Waals surface area (Å²) in [5.41, 5.74) is 2.22. The average molecular weight is 286 g/mol. The van der Waals surface area contributed by atoms with Gasteiger partial charge in [-0.2, -0.15) is 0 Å². The molecule has 4 nitrogen and oxygen atoms in total. The van der Waals surface area contributed by atoms with E-state index in [-0.39, 0.29) is 0 Å². The van der Waals surface area contributed by atoms with Gasteiger partial charge in [-0.15, -0.1) is 11.3 Å². The van der Waals surface area contributed by atoms with Gasteiger partial charge in [0.1, 0.15) is 6.33 Å². The second-order valence-electron chi connectivity index (χ2n) is 3.93. The first-order valence-electron chi connectivity index (χ1n) is 6.14. The first-order valence-corrected chi connectivity index (χ1v) is 7.02. The molecule has 0 spiro atoms. The molecule has 0 amide bonds. The molecule has 0 saturated heterocycles. The third kappa shape index (κ3) is 8.05. The Labute approximate surface area is 123 Å². The molecule has 104 valence electrons. The van der Waals surface area contributed by atoms with Crippen molar-refractivity contribution in [1.29, 1.82) is 0 Å². The third-order valence-corrected chi connectivity index (χ3v) is 2.80. The summed E-state index contributed by atoms with van der Waals surface area (Å²) in [7, 11) is 0. The second-order valence-corrected chi connectivity index (χ2v) is 5.03. The van der Waals surface area contributed by atoms with Gasteiger partial charge in [0, 0.05) is 35.9 Å². The minimum Gasteiger partial charge on any atom is -0.264 e. The van der Waals surface area contributed by atoms with Gasteiger partial charge in [-0.05, 0) is 38.5 Å². The van der Waals surface area contributed by atoms with Gasteiger partial charge >= 0.3 is 0 Å². The molecule has 0 aliphatic carbocycles. The first kappa shape index (κ1) is 15.9. The van der Waals surface area contributed by atoms with E-state index in [0.717, 1.165) is 10.7 Å². The largest absolute Gasteiger partial charge is 0.264 e. The van der Waals surface area contributed by atoms with Crippen LogP contribution < -0.4 is 0 Å². The zero-order valence-electron chi connectivity index (χ0n) is 11.9. The number of nitrogens with zero attached hydrogens (tertiary/aromatic N) is 4. The molecule has 0 atom stereocenters. The van der Waals surface area contributed by atoms with Gasteiger partial charge in [-0.1, -0.05) is 6.07 Å². The van der Waals surface area contributed by atoms with E-state index in [0.29, 0.717) is 0 Å². The van der Waals surface area contributed by atoms with E-state index in [2.05, 4.69) is 19.9 Å². The Hall–Kier alpha value is -2.14. The summed E-state index contributed by atoms with van der Waals surface area (Å²) in [6.07, 6.45) is 8.67. The van der Waals surface area contributed by atoms with Crippen LogP contribution in [0.3, 0.4) is 0 Å². The van der Waals surface area contributed by atoms with E-state index < -0.39 is 0 Å². The van der Waals surface area contributed by atoms with E-state index in [9.17, 15) is 0 Å². The molecule has 0 fully saturated rings. The Morgan fingerprint density at radius 1 is 0.900 bits per heavy atom.